The maximum atomic E-state index is 5.48. The standard InChI is InChI=1S/C13H16Br2O2/c1-2-17-10-3-4-11(12(14)7-10)13(15)9-5-6-16-8-9/h3-4,7,9,13H,2,5-6,8H2,1H3. The van der Waals surface area contributed by atoms with Gasteiger partial charge in [-0.1, -0.05) is 37.9 Å². The topological polar surface area (TPSA) is 18.5 Å². The van der Waals surface area contributed by atoms with E-state index < -0.39 is 0 Å². The molecule has 0 aliphatic carbocycles. The Hall–Kier alpha value is -0.0600. The third-order valence-corrected chi connectivity index (χ3v) is 4.89. The number of halogens is 2. The highest BCUT2D eigenvalue weighted by Gasteiger charge is 2.26. The van der Waals surface area contributed by atoms with Gasteiger partial charge in [-0.25, -0.2) is 0 Å². The monoisotopic (exact) mass is 362 g/mol. The van der Waals surface area contributed by atoms with Gasteiger partial charge in [0.25, 0.3) is 0 Å². The van der Waals surface area contributed by atoms with E-state index in [4.69, 9.17) is 9.47 Å². The van der Waals surface area contributed by atoms with E-state index in [0.29, 0.717) is 17.4 Å². The highest BCUT2D eigenvalue weighted by atomic mass is 79.9. The van der Waals surface area contributed by atoms with Gasteiger partial charge in [0.1, 0.15) is 5.75 Å². The van der Waals surface area contributed by atoms with E-state index in [1.165, 1.54) is 5.56 Å². The smallest absolute Gasteiger partial charge is 0.120 e. The van der Waals surface area contributed by atoms with Crippen LogP contribution < -0.4 is 4.74 Å². The predicted molar refractivity (Wildman–Crippen MR) is 75.9 cm³/mol. The van der Waals surface area contributed by atoms with E-state index in [1.807, 2.05) is 19.1 Å². The van der Waals surface area contributed by atoms with Gasteiger partial charge < -0.3 is 9.47 Å². The molecule has 0 bridgehead atoms. The molecule has 1 heterocycles. The molecule has 0 N–H and O–H groups in total. The fraction of sp³-hybridized carbons (Fsp3) is 0.538. The summed E-state index contributed by atoms with van der Waals surface area (Å²) in [6, 6.07) is 6.17. The third-order valence-electron chi connectivity index (χ3n) is 2.96. The predicted octanol–water partition coefficient (Wildman–Crippen LogP) is 4.32. The first-order chi connectivity index (χ1) is 8.22. The third kappa shape index (κ3) is 3.24. The van der Waals surface area contributed by atoms with Crippen molar-refractivity contribution in [2.75, 3.05) is 19.8 Å². The maximum absolute atomic E-state index is 5.48. The first-order valence-electron chi connectivity index (χ1n) is 5.86. The molecule has 1 saturated heterocycles. The second-order valence-electron chi connectivity index (χ2n) is 4.14. The van der Waals surface area contributed by atoms with Gasteiger partial charge in [-0.15, -0.1) is 0 Å². The summed E-state index contributed by atoms with van der Waals surface area (Å²) in [7, 11) is 0. The minimum absolute atomic E-state index is 0.343. The fourth-order valence-corrected chi connectivity index (χ4v) is 3.75. The molecule has 1 aliphatic rings. The molecule has 2 nitrogen and oxygen atoms in total. The van der Waals surface area contributed by atoms with Crippen LogP contribution in [0.25, 0.3) is 0 Å². The van der Waals surface area contributed by atoms with Crippen LogP contribution >= 0.6 is 31.9 Å². The Balaban J connectivity index is 2.14. The lowest BCUT2D eigenvalue weighted by Gasteiger charge is -2.18. The van der Waals surface area contributed by atoms with E-state index in [0.717, 1.165) is 29.9 Å². The minimum Gasteiger partial charge on any atom is -0.494 e. The number of hydrogen-bond acceptors (Lipinski definition) is 2. The summed E-state index contributed by atoms with van der Waals surface area (Å²) < 4.78 is 12.0. The van der Waals surface area contributed by atoms with Crippen LogP contribution in [0.1, 0.15) is 23.7 Å². The molecule has 1 aliphatic heterocycles. The van der Waals surface area contributed by atoms with Crippen LogP contribution in [0.4, 0.5) is 0 Å². The molecule has 2 rings (SSSR count). The van der Waals surface area contributed by atoms with E-state index >= 15 is 0 Å². The molecule has 94 valence electrons. The normalized spacial score (nSPS) is 21.5. The molecular weight excluding hydrogens is 348 g/mol. The molecular formula is C13H16Br2O2. The quantitative estimate of drug-likeness (QED) is 0.741. The molecule has 1 aromatic rings. The van der Waals surface area contributed by atoms with Crippen LogP contribution in [0.2, 0.25) is 0 Å². The van der Waals surface area contributed by atoms with E-state index in [-0.39, 0.29) is 0 Å². The molecule has 0 aromatic heterocycles. The lowest BCUT2D eigenvalue weighted by Crippen LogP contribution is -2.08. The van der Waals surface area contributed by atoms with Crippen molar-refractivity contribution in [1.82, 2.24) is 0 Å². The van der Waals surface area contributed by atoms with E-state index in [9.17, 15) is 0 Å². The maximum Gasteiger partial charge on any atom is 0.120 e. The lowest BCUT2D eigenvalue weighted by molar-refractivity contribution is 0.185. The van der Waals surface area contributed by atoms with Crippen LogP contribution in [0, 0.1) is 5.92 Å². The second-order valence-corrected chi connectivity index (χ2v) is 5.98. The fourth-order valence-electron chi connectivity index (χ4n) is 2.03. The minimum atomic E-state index is 0.343. The van der Waals surface area contributed by atoms with Gasteiger partial charge in [0.2, 0.25) is 0 Å². The zero-order valence-electron chi connectivity index (χ0n) is 9.79. The number of ether oxygens (including phenoxy) is 2. The van der Waals surface area contributed by atoms with Crippen LogP contribution in [-0.2, 0) is 4.74 Å². The Morgan fingerprint density at radius 1 is 1.53 bits per heavy atom. The molecule has 2 atom stereocenters. The van der Waals surface area contributed by atoms with Crippen molar-refractivity contribution in [3.8, 4) is 5.75 Å². The molecule has 1 aromatic carbocycles. The Morgan fingerprint density at radius 3 is 2.94 bits per heavy atom. The number of hydrogen-bond donors (Lipinski definition) is 0. The van der Waals surface area contributed by atoms with Crippen LogP contribution in [0.3, 0.4) is 0 Å². The van der Waals surface area contributed by atoms with Crippen molar-refractivity contribution in [2.45, 2.75) is 18.2 Å². The SMILES string of the molecule is CCOc1ccc(C(Br)C2CCOC2)c(Br)c1. The highest BCUT2D eigenvalue weighted by molar-refractivity contribution is 9.11. The van der Waals surface area contributed by atoms with Gasteiger partial charge in [-0.3, -0.25) is 0 Å². The van der Waals surface area contributed by atoms with Crippen LogP contribution in [0.15, 0.2) is 22.7 Å². The Morgan fingerprint density at radius 2 is 2.35 bits per heavy atom. The van der Waals surface area contributed by atoms with Crippen molar-refractivity contribution < 1.29 is 9.47 Å². The van der Waals surface area contributed by atoms with E-state index in [1.54, 1.807) is 0 Å². The molecule has 4 heteroatoms. The van der Waals surface area contributed by atoms with Crippen LogP contribution in [0.5, 0.6) is 5.75 Å². The van der Waals surface area contributed by atoms with E-state index in [2.05, 4.69) is 37.9 Å². The zero-order valence-corrected chi connectivity index (χ0v) is 13.0. The first-order valence-corrected chi connectivity index (χ1v) is 7.57. The molecule has 2 unspecified atom stereocenters. The molecule has 0 amide bonds. The number of alkyl halides is 1. The molecule has 1 fully saturated rings. The van der Waals surface area contributed by atoms with Gasteiger partial charge in [0.05, 0.1) is 13.2 Å². The molecule has 0 spiro atoms. The van der Waals surface area contributed by atoms with Gasteiger partial charge in [-0.05, 0) is 31.0 Å². The van der Waals surface area contributed by atoms with Crippen molar-refractivity contribution in [3.63, 3.8) is 0 Å². The van der Waals surface area contributed by atoms with Crippen molar-refractivity contribution in [2.24, 2.45) is 5.92 Å². The van der Waals surface area contributed by atoms with Crippen LogP contribution in [-0.4, -0.2) is 19.8 Å². The van der Waals surface area contributed by atoms with Crippen molar-refractivity contribution in [3.05, 3.63) is 28.2 Å². The zero-order chi connectivity index (χ0) is 12.3. The summed E-state index contributed by atoms with van der Waals surface area (Å²) in [5.74, 6) is 1.47. The van der Waals surface area contributed by atoms with Gasteiger partial charge >= 0.3 is 0 Å². The summed E-state index contributed by atoms with van der Waals surface area (Å²) in [6.45, 7) is 4.40. The molecule has 17 heavy (non-hydrogen) atoms. The van der Waals surface area contributed by atoms with Crippen molar-refractivity contribution >= 4 is 31.9 Å². The van der Waals surface area contributed by atoms with Gasteiger partial charge in [0, 0.05) is 21.8 Å². The molecule has 0 saturated carbocycles. The lowest BCUT2D eigenvalue weighted by atomic mass is 9.98. The summed E-state index contributed by atoms with van der Waals surface area (Å²) in [5.41, 5.74) is 1.27. The highest BCUT2D eigenvalue weighted by Crippen LogP contribution is 2.40. The second kappa shape index (κ2) is 6.21. The van der Waals surface area contributed by atoms with Crippen molar-refractivity contribution in [1.29, 1.82) is 0 Å². The number of benzene rings is 1. The Bertz CT molecular complexity index is 376. The average molecular weight is 364 g/mol. The summed E-state index contributed by atoms with van der Waals surface area (Å²) in [6.07, 6.45) is 1.12. The Kier molecular flexibility index (Phi) is 4.88. The first kappa shape index (κ1) is 13.4. The average Bonchev–Trinajstić information content (AvgIpc) is 2.82. The Labute approximate surface area is 119 Å². The number of rotatable bonds is 4. The van der Waals surface area contributed by atoms with Gasteiger partial charge in [0.15, 0.2) is 0 Å². The summed E-state index contributed by atoms with van der Waals surface area (Å²) >= 11 is 7.39. The summed E-state index contributed by atoms with van der Waals surface area (Å²) in [4.78, 5) is 0.343. The largest absolute Gasteiger partial charge is 0.494 e. The molecule has 0 radical (unpaired) electrons. The van der Waals surface area contributed by atoms with Gasteiger partial charge in [-0.2, -0.15) is 0 Å². The summed E-state index contributed by atoms with van der Waals surface area (Å²) in [5, 5.41) is 0.